The molecule has 0 N–H and O–H groups in total. The molecule has 0 unspecified atom stereocenters. The summed E-state index contributed by atoms with van der Waals surface area (Å²) in [5.74, 6) is 0.0729. The molecule has 0 saturated carbocycles. The molecule has 0 spiro atoms. The molecule has 2 rings (SSSR count). The van der Waals surface area contributed by atoms with Crippen LogP contribution < -0.4 is 4.90 Å². The molecule has 5 heteroatoms. The highest BCUT2D eigenvalue weighted by molar-refractivity contribution is 5.79. The number of carbonyl (C=O) groups is 1. The van der Waals surface area contributed by atoms with E-state index in [1.54, 1.807) is 11.1 Å². The molecule has 0 aliphatic carbocycles. The van der Waals surface area contributed by atoms with Crippen LogP contribution >= 0.6 is 0 Å². The van der Waals surface area contributed by atoms with Crippen LogP contribution in [0.1, 0.15) is 24.2 Å². The zero-order chi connectivity index (χ0) is 16.1. The van der Waals surface area contributed by atoms with Crippen LogP contribution in [0, 0.1) is 0 Å². The first-order valence-corrected chi connectivity index (χ1v) is 7.27. The molecule has 22 heavy (non-hydrogen) atoms. The van der Waals surface area contributed by atoms with E-state index in [2.05, 4.69) is 9.97 Å². The lowest BCUT2D eigenvalue weighted by atomic mass is 10.1. The van der Waals surface area contributed by atoms with Crippen molar-refractivity contribution >= 4 is 11.6 Å². The standard InChI is InChI=1S/C17H22N4O/c1-13(16-9-10-18-12-19-16)21(4)17(22)11-14-5-7-15(8-6-14)20(2)3/h5-10,12-13H,11H2,1-4H3/t13-/m1/s1. The molecule has 1 heterocycles. The summed E-state index contributed by atoms with van der Waals surface area (Å²) in [6.07, 6.45) is 3.58. The van der Waals surface area contributed by atoms with Gasteiger partial charge >= 0.3 is 0 Å². The maximum atomic E-state index is 12.4. The lowest BCUT2D eigenvalue weighted by molar-refractivity contribution is -0.131. The third-order valence-corrected chi connectivity index (χ3v) is 3.82. The maximum Gasteiger partial charge on any atom is 0.227 e. The predicted octanol–water partition coefficient (Wildman–Crippen LogP) is 2.30. The molecule has 0 aliphatic rings. The summed E-state index contributed by atoms with van der Waals surface area (Å²) < 4.78 is 0. The topological polar surface area (TPSA) is 49.3 Å². The highest BCUT2D eigenvalue weighted by Crippen LogP contribution is 2.18. The highest BCUT2D eigenvalue weighted by Gasteiger charge is 2.18. The molecule has 1 aromatic heterocycles. The average Bonchev–Trinajstić information content (AvgIpc) is 2.54. The number of hydrogen-bond donors (Lipinski definition) is 0. The van der Waals surface area contributed by atoms with Gasteiger partial charge in [0.15, 0.2) is 0 Å². The fourth-order valence-electron chi connectivity index (χ4n) is 2.17. The number of aromatic nitrogens is 2. The lowest BCUT2D eigenvalue weighted by Gasteiger charge is -2.24. The van der Waals surface area contributed by atoms with Crippen molar-refractivity contribution in [2.24, 2.45) is 0 Å². The zero-order valence-corrected chi connectivity index (χ0v) is 13.5. The Morgan fingerprint density at radius 2 is 1.82 bits per heavy atom. The van der Waals surface area contributed by atoms with E-state index in [0.29, 0.717) is 6.42 Å². The Hall–Kier alpha value is -2.43. The lowest BCUT2D eigenvalue weighted by Crippen LogP contribution is -2.31. The van der Waals surface area contributed by atoms with Gasteiger partial charge in [0.05, 0.1) is 18.2 Å². The van der Waals surface area contributed by atoms with Crippen molar-refractivity contribution in [1.29, 1.82) is 0 Å². The number of nitrogens with zero attached hydrogens (tertiary/aromatic N) is 4. The first-order valence-electron chi connectivity index (χ1n) is 7.27. The van der Waals surface area contributed by atoms with E-state index in [1.807, 2.05) is 63.3 Å². The summed E-state index contributed by atoms with van der Waals surface area (Å²) >= 11 is 0. The van der Waals surface area contributed by atoms with Gasteiger partial charge in [0, 0.05) is 33.0 Å². The second-order valence-corrected chi connectivity index (χ2v) is 5.55. The van der Waals surface area contributed by atoms with Gasteiger partial charge in [-0.3, -0.25) is 4.79 Å². The number of likely N-dealkylation sites (N-methyl/N-ethyl adjacent to an activating group) is 1. The highest BCUT2D eigenvalue weighted by atomic mass is 16.2. The molecular weight excluding hydrogens is 276 g/mol. The van der Waals surface area contributed by atoms with Crippen LogP contribution in [0.5, 0.6) is 0 Å². The first kappa shape index (κ1) is 15.9. The van der Waals surface area contributed by atoms with Crippen molar-refractivity contribution in [2.75, 3.05) is 26.0 Å². The molecule has 0 bridgehead atoms. The van der Waals surface area contributed by atoms with Gasteiger partial charge in [-0.2, -0.15) is 0 Å². The Morgan fingerprint density at radius 1 is 1.14 bits per heavy atom. The van der Waals surface area contributed by atoms with Gasteiger partial charge in [-0.1, -0.05) is 12.1 Å². The van der Waals surface area contributed by atoms with E-state index in [1.165, 1.54) is 6.33 Å². The van der Waals surface area contributed by atoms with Crippen molar-refractivity contribution in [3.05, 3.63) is 54.1 Å². The van der Waals surface area contributed by atoms with Crippen molar-refractivity contribution in [3.8, 4) is 0 Å². The van der Waals surface area contributed by atoms with E-state index >= 15 is 0 Å². The number of anilines is 1. The number of benzene rings is 1. The van der Waals surface area contributed by atoms with Gasteiger partial charge in [-0.15, -0.1) is 0 Å². The minimum atomic E-state index is -0.0726. The van der Waals surface area contributed by atoms with Gasteiger partial charge < -0.3 is 9.80 Å². The SMILES string of the molecule is C[C@H](c1ccncn1)N(C)C(=O)Cc1ccc(N(C)C)cc1. The fraction of sp³-hybridized carbons (Fsp3) is 0.353. The Labute approximate surface area is 131 Å². The van der Waals surface area contributed by atoms with Crippen LogP contribution in [0.15, 0.2) is 42.9 Å². The Kier molecular flexibility index (Phi) is 5.09. The number of hydrogen-bond acceptors (Lipinski definition) is 4. The van der Waals surface area contributed by atoms with Crippen molar-refractivity contribution in [1.82, 2.24) is 14.9 Å². The first-order chi connectivity index (χ1) is 10.5. The number of rotatable bonds is 5. The number of amides is 1. The fourth-order valence-corrected chi connectivity index (χ4v) is 2.17. The van der Waals surface area contributed by atoms with Crippen LogP contribution in [0.2, 0.25) is 0 Å². The largest absolute Gasteiger partial charge is 0.378 e. The third kappa shape index (κ3) is 3.81. The molecule has 1 aromatic carbocycles. The minimum Gasteiger partial charge on any atom is -0.378 e. The molecule has 5 nitrogen and oxygen atoms in total. The molecule has 0 fully saturated rings. The van der Waals surface area contributed by atoms with E-state index in [9.17, 15) is 4.79 Å². The van der Waals surface area contributed by atoms with Crippen LogP contribution in [0.25, 0.3) is 0 Å². The monoisotopic (exact) mass is 298 g/mol. The summed E-state index contributed by atoms with van der Waals surface area (Å²) in [4.78, 5) is 24.3. The predicted molar refractivity (Wildman–Crippen MR) is 87.7 cm³/mol. The Bertz CT molecular complexity index is 610. The van der Waals surface area contributed by atoms with Crippen LogP contribution in [0.3, 0.4) is 0 Å². The second kappa shape index (κ2) is 7.02. The van der Waals surface area contributed by atoms with Crippen LogP contribution in [-0.2, 0) is 11.2 Å². The van der Waals surface area contributed by atoms with Gasteiger partial charge in [-0.05, 0) is 30.7 Å². The molecule has 0 saturated heterocycles. The van der Waals surface area contributed by atoms with Crippen molar-refractivity contribution in [3.63, 3.8) is 0 Å². The van der Waals surface area contributed by atoms with Gasteiger partial charge in [-0.25, -0.2) is 9.97 Å². The average molecular weight is 298 g/mol. The minimum absolute atomic E-state index is 0.0726. The van der Waals surface area contributed by atoms with Crippen molar-refractivity contribution < 1.29 is 4.79 Å². The Morgan fingerprint density at radius 3 is 2.36 bits per heavy atom. The zero-order valence-electron chi connectivity index (χ0n) is 13.5. The molecule has 0 radical (unpaired) electrons. The van der Waals surface area contributed by atoms with E-state index in [0.717, 1.165) is 16.9 Å². The van der Waals surface area contributed by atoms with Crippen molar-refractivity contribution in [2.45, 2.75) is 19.4 Å². The van der Waals surface area contributed by atoms with Gasteiger partial charge in [0.25, 0.3) is 0 Å². The summed E-state index contributed by atoms with van der Waals surface area (Å²) in [6, 6.07) is 9.80. The molecule has 116 valence electrons. The molecule has 1 amide bonds. The van der Waals surface area contributed by atoms with Gasteiger partial charge in [0.2, 0.25) is 5.91 Å². The maximum absolute atomic E-state index is 12.4. The summed E-state index contributed by atoms with van der Waals surface area (Å²) in [7, 11) is 5.80. The summed E-state index contributed by atoms with van der Waals surface area (Å²) in [6.45, 7) is 1.97. The van der Waals surface area contributed by atoms with E-state index < -0.39 is 0 Å². The summed E-state index contributed by atoms with van der Waals surface area (Å²) in [5, 5.41) is 0. The molecule has 0 aliphatic heterocycles. The smallest absolute Gasteiger partial charge is 0.227 e. The molecular formula is C17H22N4O. The van der Waals surface area contributed by atoms with Crippen LogP contribution in [-0.4, -0.2) is 41.9 Å². The normalized spacial score (nSPS) is 11.8. The molecule has 1 atom stereocenters. The second-order valence-electron chi connectivity index (χ2n) is 5.55. The third-order valence-electron chi connectivity index (χ3n) is 3.82. The summed E-state index contributed by atoms with van der Waals surface area (Å²) in [5.41, 5.74) is 2.98. The molecule has 2 aromatic rings. The van der Waals surface area contributed by atoms with Crippen LogP contribution in [0.4, 0.5) is 5.69 Å². The van der Waals surface area contributed by atoms with E-state index in [-0.39, 0.29) is 11.9 Å². The van der Waals surface area contributed by atoms with E-state index in [4.69, 9.17) is 0 Å². The van der Waals surface area contributed by atoms with Gasteiger partial charge in [0.1, 0.15) is 6.33 Å². The quantitative estimate of drug-likeness (QED) is 0.850. The number of carbonyl (C=O) groups excluding carboxylic acids is 1. The Balaban J connectivity index is 2.02.